The normalized spacial score (nSPS) is 14.6. The van der Waals surface area contributed by atoms with Crippen LogP contribution in [0.2, 0.25) is 0 Å². The summed E-state index contributed by atoms with van der Waals surface area (Å²) in [5.74, 6) is -1.09. The van der Waals surface area contributed by atoms with Crippen molar-refractivity contribution in [3.8, 4) is 46.1 Å². The lowest BCUT2D eigenvalue weighted by molar-refractivity contribution is -0.120. The molecular weight excluding hydrogens is 1230 g/mol. The molecule has 0 saturated carbocycles. The third kappa shape index (κ3) is 10.9. The molecule has 0 atom stereocenters. The minimum atomic E-state index is -0.868. The van der Waals surface area contributed by atoms with Gasteiger partial charge in [-0.05, 0) is 102 Å². The minimum absolute atomic E-state index is 0.0142. The second-order valence-corrected chi connectivity index (χ2v) is 23.7. The Morgan fingerprint density at radius 3 is 1.27 bits per heavy atom. The van der Waals surface area contributed by atoms with Gasteiger partial charge in [0, 0.05) is 11.1 Å². The van der Waals surface area contributed by atoms with Crippen molar-refractivity contribution in [2.45, 2.75) is 84.3 Å². The Hall–Kier alpha value is -11.8. The Labute approximate surface area is 528 Å². The number of rotatable bonds is 11. The highest BCUT2D eigenvalue weighted by molar-refractivity contribution is 6.06. The number of hydrogen-bond acceptors (Lipinski definition) is 20. The molecule has 0 fully saturated rings. The van der Waals surface area contributed by atoms with Gasteiger partial charge in [0.25, 0.3) is 0 Å². The second-order valence-electron chi connectivity index (χ2n) is 23.7. The molecule has 0 unspecified atom stereocenters. The predicted octanol–water partition coefficient (Wildman–Crippen LogP) is 8.71. The average molecular weight is 1280 g/mol. The van der Waals surface area contributed by atoms with Crippen LogP contribution in [0, 0.1) is 36.0 Å². The van der Waals surface area contributed by atoms with E-state index in [-0.39, 0.29) is 82.9 Å². The summed E-state index contributed by atoms with van der Waals surface area (Å²) in [6.07, 6.45) is 3.26. The zero-order valence-corrected chi connectivity index (χ0v) is 51.3. The summed E-state index contributed by atoms with van der Waals surface area (Å²) in [7, 11) is 2.99. The van der Waals surface area contributed by atoms with Crippen LogP contribution < -0.4 is 25.4 Å². The van der Waals surface area contributed by atoms with Gasteiger partial charge in [0.1, 0.15) is 63.2 Å². The van der Waals surface area contributed by atoms with Crippen molar-refractivity contribution in [3.05, 3.63) is 166 Å². The third-order valence-corrected chi connectivity index (χ3v) is 16.1. The van der Waals surface area contributed by atoms with Crippen LogP contribution in [0.3, 0.4) is 0 Å². The van der Waals surface area contributed by atoms with Crippen LogP contribution in [0.1, 0.15) is 80.9 Å². The first-order valence-electron chi connectivity index (χ1n) is 28.9. The number of halogens is 5. The number of carbonyl (C=O) groups is 3. The smallest absolute Gasteiger partial charge is 0.237 e. The molecule has 0 saturated heterocycles. The number of amides is 3. The van der Waals surface area contributed by atoms with E-state index in [0.717, 1.165) is 35.5 Å². The number of carbonyl (C=O) groups excluding carboxylic acids is 3. The number of nitrogens with zero attached hydrogens (tertiary/aromatic N) is 18. The maximum absolute atomic E-state index is 14.7. The van der Waals surface area contributed by atoms with Gasteiger partial charge in [-0.25, -0.2) is 65.9 Å². The average Bonchev–Trinajstić information content (AvgIpc) is 1.61. The third-order valence-electron chi connectivity index (χ3n) is 16.1. The molecule has 9 aromatic heterocycles. The Bertz CT molecular complexity index is 5110. The van der Waals surface area contributed by atoms with Crippen molar-refractivity contribution in [1.82, 2.24) is 89.8 Å². The molecule has 3 amide bonds. The van der Waals surface area contributed by atoms with E-state index in [1.165, 1.54) is 46.8 Å². The van der Waals surface area contributed by atoms with E-state index in [2.05, 4.69) is 91.7 Å². The van der Waals surface area contributed by atoms with E-state index in [1.807, 2.05) is 24.3 Å². The Balaban J connectivity index is 0.000000128. The maximum Gasteiger partial charge on any atom is 0.237 e. The first kappa shape index (κ1) is 61.1. The van der Waals surface area contributed by atoms with Crippen LogP contribution in [0.25, 0.3) is 67.7 Å². The Kier molecular flexibility index (Phi) is 15.0. The number of ether oxygens (including phenoxy) is 2. The number of aromatic nitrogens is 18. The van der Waals surface area contributed by atoms with Gasteiger partial charge < -0.3 is 25.4 Å². The molecule has 0 aliphatic carbocycles. The number of hydrogen-bond donors (Lipinski definition) is 3. The lowest BCUT2D eigenvalue weighted by atomic mass is 9.91. The fourth-order valence-electron chi connectivity index (χ4n) is 10.7. The van der Waals surface area contributed by atoms with Gasteiger partial charge in [-0.1, -0.05) is 36.4 Å². The molecule has 0 bridgehead atoms. The molecule has 0 spiro atoms. The van der Waals surface area contributed by atoms with Crippen LogP contribution in [-0.4, -0.2) is 122 Å². The van der Waals surface area contributed by atoms with E-state index in [9.17, 15) is 36.3 Å². The molecule has 3 N–H and O–H groups in total. The van der Waals surface area contributed by atoms with E-state index in [1.54, 1.807) is 84.5 Å². The quantitative estimate of drug-likeness (QED) is 0.102. The first-order chi connectivity index (χ1) is 44.9. The van der Waals surface area contributed by atoms with Crippen LogP contribution in [0.5, 0.6) is 11.5 Å². The predicted molar refractivity (Wildman–Crippen MR) is 328 cm³/mol. The SMILES string of the molecule is COc1ccc(Cn2nc(-c3nnc4c(n3)NC(=O)C4(C)C)c3cc(F)cnc32)cc1.COc1cccc(Cn2nc(-c3nnc4c(n3)NC(=O)C4(C)C)c3cc(F)cnc32)c1F.Cc1ccc(Cn2nc(-c3nnc4c(n3)NC(=O)C4(C)C)c3cc(F)cnc32)c(F)c1. The number of pyridine rings is 3. The highest BCUT2D eigenvalue weighted by Crippen LogP contribution is 2.39. The molecule has 12 heterocycles. The van der Waals surface area contributed by atoms with Crippen molar-refractivity contribution < 1.29 is 45.8 Å². The Morgan fingerprint density at radius 1 is 0.468 bits per heavy atom. The van der Waals surface area contributed by atoms with Gasteiger partial charge in [0.2, 0.25) is 35.2 Å². The monoisotopic (exact) mass is 1280 g/mol. The lowest BCUT2D eigenvalue weighted by Gasteiger charge is -2.11. The van der Waals surface area contributed by atoms with Crippen molar-refractivity contribution in [1.29, 1.82) is 0 Å². The van der Waals surface area contributed by atoms with Gasteiger partial charge in [0.05, 0.1) is 84.8 Å². The number of anilines is 3. The fraction of sp³-hybridized carbons (Fsp3) is 0.238. The molecule has 15 rings (SSSR count). The maximum atomic E-state index is 14.7. The van der Waals surface area contributed by atoms with Crippen LogP contribution in [0.15, 0.2) is 97.5 Å². The van der Waals surface area contributed by atoms with Crippen molar-refractivity contribution in [2.24, 2.45) is 0 Å². The van der Waals surface area contributed by atoms with Crippen molar-refractivity contribution in [3.63, 3.8) is 0 Å². The second kappa shape index (κ2) is 23.2. The highest BCUT2D eigenvalue weighted by Gasteiger charge is 2.44. The molecule has 3 aromatic carbocycles. The molecule has 3 aliphatic heterocycles. The van der Waals surface area contributed by atoms with Crippen LogP contribution in [-0.2, 0) is 50.3 Å². The molecule has 0 radical (unpaired) electrons. The molecule has 474 valence electrons. The number of fused-ring (bicyclic) bond motifs is 6. The summed E-state index contributed by atoms with van der Waals surface area (Å²) in [6.45, 7) is 12.7. The first-order valence-corrected chi connectivity index (χ1v) is 28.9. The molecule has 94 heavy (non-hydrogen) atoms. The van der Waals surface area contributed by atoms with Crippen LogP contribution in [0.4, 0.5) is 39.4 Å². The summed E-state index contributed by atoms with van der Waals surface area (Å²) < 4.78 is 85.9. The van der Waals surface area contributed by atoms with Gasteiger partial charge in [0.15, 0.2) is 46.0 Å². The van der Waals surface area contributed by atoms with Crippen molar-refractivity contribution >= 4 is 68.3 Å². The summed E-state index contributed by atoms with van der Waals surface area (Å²) in [6, 6.07) is 21.1. The summed E-state index contributed by atoms with van der Waals surface area (Å²) in [4.78, 5) is 62.3. The van der Waals surface area contributed by atoms with E-state index in [4.69, 9.17) is 9.47 Å². The van der Waals surface area contributed by atoms with Crippen LogP contribution >= 0.6 is 0 Å². The molecule has 26 nitrogen and oxygen atoms in total. The molecule has 31 heteroatoms. The van der Waals surface area contributed by atoms with Crippen molar-refractivity contribution in [2.75, 3.05) is 30.2 Å². The summed E-state index contributed by atoms with van der Waals surface area (Å²) >= 11 is 0. The zero-order valence-electron chi connectivity index (χ0n) is 51.3. The summed E-state index contributed by atoms with van der Waals surface area (Å²) in [5, 5.41) is 47.8. The van der Waals surface area contributed by atoms with E-state index in [0.29, 0.717) is 79.4 Å². The molecule has 3 aliphatic rings. The van der Waals surface area contributed by atoms with Gasteiger partial charge >= 0.3 is 0 Å². The van der Waals surface area contributed by atoms with E-state index >= 15 is 0 Å². The standard InChI is InChI=1S/C21H17F2N7O2.C21H17F2N7O.C21H18FN7O2/c1-21(2)16-18(26-20(21)31)25-17(28-27-16)15-12-7-11(22)8-24-19(12)30(29-15)9-10-5-4-6-13(32-3)14(10)23;1-10-4-5-11(14(23)6-10)9-30-19-13(7-12(22)8-24-19)15(29-30)17-25-18-16(27-28-17)21(2,3)20(31)26-18;1-21(2)16-18(25-20(21)30)24-17(27-26-16)15-14-8-12(22)9-23-19(14)29(28-15)10-11-4-6-13(31-3)7-5-11/h4-8H,9H2,1-3H3,(H,25,26,28,31);4-8H,9H2,1-3H3,(H,25,26,28,31);4-9H,10H2,1-3H3,(H,24,25,27,30). The minimum Gasteiger partial charge on any atom is -0.497 e. The zero-order chi connectivity index (χ0) is 66.3. The lowest BCUT2D eigenvalue weighted by Crippen LogP contribution is -2.27. The van der Waals surface area contributed by atoms with Gasteiger partial charge in [-0.15, -0.1) is 30.6 Å². The highest BCUT2D eigenvalue weighted by atomic mass is 19.1. The summed E-state index contributed by atoms with van der Waals surface area (Å²) in [5.41, 5.74) is 3.20. The fourth-order valence-corrected chi connectivity index (χ4v) is 10.7. The largest absolute Gasteiger partial charge is 0.497 e. The molecule has 12 aromatic rings. The Morgan fingerprint density at radius 2 is 0.872 bits per heavy atom. The van der Waals surface area contributed by atoms with Gasteiger partial charge in [-0.2, -0.15) is 15.3 Å². The number of nitrogens with one attached hydrogen (secondary N) is 3. The topological polar surface area (TPSA) is 314 Å². The van der Waals surface area contributed by atoms with Gasteiger partial charge in [-0.3, -0.25) is 14.4 Å². The number of aryl methyl sites for hydroxylation is 1. The number of benzene rings is 3. The van der Waals surface area contributed by atoms with E-state index < -0.39 is 39.5 Å². The number of methoxy groups -OCH3 is 2. The molecular formula is C63H52F5N21O5.